The summed E-state index contributed by atoms with van der Waals surface area (Å²) in [5, 5.41) is 0. The molecule has 3 nitrogen and oxygen atoms in total. The van der Waals surface area contributed by atoms with Crippen LogP contribution >= 0.6 is 15.9 Å². The average Bonchev–Trinajstić information content (AvgIpc) is 2.26. The first-order valence-electron chi connectivity index (χ1n) is 4.22. The van der Waals surface area contributed by atoms with Crippen LogP contribution in [-0.4, -0.2) is 20.0 Å². The van der Waals surface area contributed by atoms with Crippen molar-refractivity contribution in [3.63, 3.8) is 0 Å². The summed E-state index contributed by atoms with van der Waals surface area (Å²) in [5.41, 5.74) is 0.387. The van der Waals surface area contributed by atoms with Crippen LogP contribution in [0, 0.1) is 0 Å². The Morgan fingerprint density at radius 3 is 2.13 bits per heavy atom. The quantitative estimate of drug-likeness (QED) is 0.624. The molecule has 0 fully saturated rings. The van der Waals surface area contributed by atoms with Crippen molar-refractivity contribution in [3.8, 4) is 11.5 Å². The molecule has 80 valence electrons. The van der Waals surface area contributed by atoms with Gasteiger partial charge in [-0.15, -0.1) is 0 Å². The lowest BCUT2D eigenvalue weighted by Crippen LogP contribution is -2.02. The van der Waals surface area contributed by atoms with E-state index in [0.717, 1.165) is 4.47 Å². The Bertz CT molecular complexity index is 374. The van der Waals surface area contributed by atoms with Crippen molar-refractivity contribution < 1.29 is 14.3 Å². The molecule has 1 aromatic carbocycles. The van der Waals surface area contributed by atoms with Crippen molar-refractivity contribution in [1.82, 2.24) is 0 Å². The molecule has 0 saturated carbocycles. The number of rotatable bonds is 4. The van der Waals surface area contributed by atoms with Gasteiger partial charge in [-0.05, 0) is 18.2 Å². The van der Waals surface area contributed by atoms with Gasteiger partial charge in [-0.3, -0.25) is 4.79 Å². The zero-order valence-electron chi connectivity index (χ0n) is 8.54. The summed E-state index contributed by atoms with van der Waals surface area (Å²) in [4.78, 5) is 11.6. The van der Waals surface area contributed by atoms with Gasteiger partial charge in [0.15, 0.2) is 5.78 Å². The van der Waals surface area contributed by atoms with Crippen molar-refractivity contribution in [2.24, 2.45) is 0 Å². The van der Waals surface area contributed by atoms with Gasteiger partial charge in [0.2, 0.25) is 0 Å². The Kier molecular flexibility index (Phi) is 3.91. The molecular weight excluding hydrogens is 260 g/mol. The number of methoxy groups -OCH3 is 2. The van der Waals surface area contributed by atoms with Crippen molar-refractivity contribution in [2.45, 2.75) is 0 Å². The molecule has 4 heteroatoms. The van der Waals surface area contributed by atoms with Crippen molar-refractivity contribution >= 4 is 21.7 Å². The van der Waals surface area contributed by atoms with Gasteiger partial charge < -0.3 is 9.47 Å². The average molecular weight is 271 g/mol. The number of allylic oxidation sites excluding steroid dienone is 1. The molecule has 0 atom stereocenters. The van der Waals surface area contributed by atoms with Crippen LogP contribution in [0.15, 0.2) is 29.3 Å². The molecule has 0 radical (unpaired) electrons. The van der Waals surface area contributed by atoms with Crippen LogP contribution in [0.25, 0.3) is 0 Å². The van der Waals surface area contributed by atoms with Crippen LogP contribution in [0.5, 0.6) is 11.5 Å². The van der Waals surface area contributed by atoms with Crippen LogP contribution in [-0.2, 0) is 0 Å². The molecule has 0 unspecified atom stereocenters. The number of hydrogen-bond acceptors (Lipinski definition) is 3. The van der Waals surface area contributed by atoms with E-state index in [0.29, 0.717) is 17.1 Å². The van der Waals surface area contributed by atoms with E-state index in [1.54, 1.807) is 12.1 Å². The Balaban J connectivity index is 3.43. The Morgan fingerprint density at radius 2 is 1.80 bits per heavy atom. The summed E-state index contributed by atoms with van der Waals surface area (Å²) in [6.45, 7) is 3.44. The second-order valence-electron chi connectivity index (χ2n) is 2.75. The van der Waals surface area contributed by atoms with E-state index in [-0.39, 0.29) is 5.78 Å². The molecule has 0 spiro atoms. The third-order valence-corrected chi connectivity index (χ3v) is 2.36. The Hall–Kier alpha value is -1.29. The molecule has 0 aliphatic carbocycles. The summed E-state index contributed by atoms with van der Waals surface area (Å²) < 4.78 is 11.0. The third kappa shape index (κ3) is 2.39. The number of hydrogen-bond donors (Lipinski definition) is 0. The number of benzene rings is 1. The van der Waals surface area contributed by atoms with Gasteiger partial charge in [0.1, 0.15) is 17.1 Å². The molecule has 0 N–H and O–H groups in total. The summed E-state index contributed by atoms with van der Waals surface area (Å²) in [6.07, 6.45) is 1.23. The molecule has 0 amide bonds. The highest BCUT2D eigenvalue weighted by atomic mass is 79.9. The standard InChI is InChI=1S/C11H11BrO3/c1-4-8(13)11-9(14-2)5-7(12)6-10(11)15-3/h4-6H,1H2,2-3H3. The van der Waals surface area contributed by atoms with E-state index >= 15 is 0 Å². The lowest BCUT2D eigenvalue weighted by Gasteiger charge is -2.11. The Morgan fingerprint density at radius 1 is 1.33 bits per heavy atom. The van der Waals surface area contributed by atoms with Crippen molar-refractivity contribution in [3.05, 3.63) is 34.8 Å². The smallest absolute Gasteiger partial charge is 0.192 e. The lowest BCUT2D eigenvalue weighted by atomic mass is 10.1. The first-order valence-corrected chi connectivity index (χ1v) is 5.01. The minimum absolute atomic E-state index is 0.226. The number of ketones is 1. The van der Waals surface area contributed by atoms with Crippen LogP contribution in [0.2, 0.25) is 0 Å². The monoisotopic (exact) mass is 270 g/mol. The molecule has 0 heterocycles. The highest BCUT2D eigenvalue weighted by Gasteiger charge is 2.16. The van der Waals surface area contributed by atoms with Gasteiger partial charge in [0.25, 0.3) is 0 Å². The highest BCUT2D eigenvalue weighted by molar-refractivity contribution is 9.10. The molecule has 15 heavy (non-hydrogen) atoms. The fourth-order valence-electron chi connectivity index (χ4n) is 1.22. The zero-order valence-corrected chi connectivity index (χ0v) is 10.1. The van der Waals surface area contributed by atoms with Crippen LogP contribution in [0.1, 0.15) is 10.4 Å². The largest absolute Gasteiger partial charge is 0.496 e. The van der Waals surface area contributed by atoms with Crippen molar-refractivity contribution in [1.29, 1.82) is 0 Å². The minimum Gasteiger partial charge on any atom is -0.496 e. The summed E-state index contributed by atoms with van der Waals surface area (Å²) in [6, 6.07) is 3.42. The number of halogens is 1. The predicted molar refractivity (Wildman–Crippen MR) is 61.8 cm³/mol. The van der Waals surface area contributed by atoms with Gasteiger partial charge in [-0.2, -0.15) is 0 Å². The number of ether oxygens (including phenoxy) is 2. The number of carbonyl (C=O) groups excluding carboxylic acids is 1. The molecule has 1 aromatic rings. The lowest BCUT2D eigenvalue weighted by molar-refractivity contribution is 0.104. The normalized spacial score (nSPS) is 9.53. The molecule has 1 rings (SSSR count). The maximum absolute atomic E-state index is 11.6. The predicted octanol–water partition coefficient (Wildman–Crippen LogP) is 2.84. The van der Waals surface area contributed by atoms with Crippen molar-refractivity contribution in [2.75, 3.05) is 14.2 Å². The van der Waals surface area contributed by atoms with E-state index in [9.17, 15) is 4.79 Å². The number of carbonyl (C=O) groups is 1. The van der Waals surface area contributed by atoms with E-state index in [4.69, 9.17) is 9.47 Å². The summed E-state index contributed by atoms with van der Waals surface area (Å²) in [7, 11) is 3.00. The molecule has 0 saturated heterocycles. The highest BCUT2D eigenvalue weighted by Crippen LogP contribution is 2.33. The third-order valence-electron chi connectivity index (χ3n) is 1.90. The summed E-state index contributed by atoms with van der Waals surface area (Å²) >= 11 is 3.30. The minimum atomic E-state index is -0.226. The first-order chi connectivity index (χ1) is 7.13. The van der Waals surface area contributed by atoms with Crippen LogP contribution in [0.3, 0.4) is 0 Å². The van der Waals surface area contributed by atoms with Crippen LogP contribution in [0.4, 0.5) is 0 Å². The van der Waals surface area contributed by atoms with E-state index < -0.39 is 0 Å². The SMILES string of the molecule is C=CC(=O)c1c(OC)cc(Br)cc1OC. The molecule has 0 aliphatic rings. The Labute approximate surface area is 96.8 Å². The zero-order chi connectivity index (χ0) is 11.4. The second kappa shape index (κ2) is 4.98. The maximum atomic E-state index is 11.6. The van der Waals surface area contributed by atoms with Gasteiger partial charge in [0, 0.05) is 4.47 Å². The van der Waals surface area contributed by atoms with Crippen LogP contribution < -0.4 is 9.47 Å². The van der Waals surface area contributed by atoms with E-state index in [1.165, 1.54) is 20.3 Å². The fraction of sp³-hybridized carbons (Fsp3) is 0.182. The molecule has 0 bridgehead atoms. The maximum Gasteiger partial charge on any atom is 0.192 e. The summed E-state index contributed by atoms with van der Waals surface area (Å²) in [5.74, 6) is 0.702. The van der Waals surface area contributed by atoms with E-state index in [1.807, 2.05) is 0 Å². The molecule has 0 aliphatic heterocycles. The molecular formula is C11H11BrO3. The van der Waals surface area contributed by atoms with Gasteiger partial charge >= 0.3 is 0 Å². The van der Waals surface area contributed by atoms with Gasteiger partial charge in [0.05, 0.1) is 14.2 Å². The first kappa shape index (κ1) is 11.8. The van der Waals surface area contributed by atoms with Gasteiger partial charge in [-0.1, -0.05) is 22.5 Å². The fourth-order valence-corrected chi connectivity index (χ4v) is 1.64. The topological polar surface area (TPSA) is 35.5 Å². The van der Waals surface area contributed by atoms with E-state index in [2.05, 4.69) is 22.5 Å². The second-order valence-corrected chi connectivity index (χ2v) is 3.67. The molecule has 0 aromatic heterocycles. The van der Waals surface area contributed by atoms with Gasteiger partial charge in [-0.25, -0.2) is 0 Å².